The zero-order valence-electron chi connectivity index (χ0n) is 12.2. The number of hydrogen-bond donors (Lipinski definition) is 1. The molecule has 0 radical (unpaired) electrons. The molecule has 102 valence electrons. The van der Waals surface area contributed by atoms with E-state index in [1.165, 1.54) is 0 Å². The minimum Gasteiger partial charge on any atom is -0.375 e. The number of nitrogens with zero attached hydrogens (tertiary/aromatic N) is 1. The van der Waals surface area contributed by atoms with Gasteiger partial charge in [-0.1, -0.05) is 13.8 Å². The summed E-state index contributed by atoms with van der Waals surface area (Å²) < 4.78 is 5.76. The Bertz CT molecular complexity index is 228. The third-order valence-electron chi connectivity index (χ3n) is 3.97. The van der Waals surface area contributed by atoms with Crippen LogP contribution in [0.5, 0.6) is 0 Å². The Balaban J connectivity index is 2.34. The van der Waals surface area contributed by atoms with Gasteiger partial charge in [-0.3, -0.25) is 0 Å². The second kappa shape index (κ2) is 6.17. The second-order valence-electron chi connectivity index (χ2n) is 6.43. The summed E-state index contributed by atoms with van der Waals surface area (Å²) in [7, 11) is 2.22. The van der Waals surface area contributed by atoms with Crippen LogP contribution in [0.1, 0.15) is 47.0 Å². The summed E-state index contributed by atoms with van der Waals surface area (Å²) in [6.45, 7) is 10.8. The molecule has 0 amide bonds. The molecule has 0 saturated carbocycles. The predicted molar refractivity (Wildman–Crippen MR) is 73.1 cm³/mol. The summed E-state index contributed by atoms with van der Waals surface area (Å²) in [5.41, 5.74) is 6.14. The SMILES string of the molecule is CC(C)C(N)CCN(C)C1CCOC(C)(C)C1. The van der Waals surface area contributed by atoms with E-state index >= 15 is 0 Å². The topological polar surface area (TPSA) is 38.5 Å². The van der Waals surface area contributed by atoms with Crippen LogP contribution in [-0.4, -0.2) is 42.8 Å². The molecule has 2 N–H and O–H groups in total. The molecule has 0 bridgehead atoms. The van der Waals surface area contributed by atoms with Gasteiger partial charge in [-0.2, -0.15) is 0 Å². The Morgan fingerprint density at radius 1 is 1.41 bits per heavy atom. The number of nitrogens with two attached hydrogens (primary N) is 1. The van der Waals surface area contributed by atoms with Gasteiger partial charge < -0.3 is 15.4 Å². The van der Waals surface area contributed by atoms with Gasteiger partial charge in [-0.15, -0.1) is 0 Å². The van der Waals surface area contributed by atoms with Crippen LogP contribution >= 0.6 is 0 Å². The lowest BCUT2D eigenvalue weighted by molar-refractivity contribution is -0.0801. The van der Waals surface area contributed by atoms with E-state index in [0.717, 1.165) is 32.4 Å². The number of rotatable bonds is 5. The summed E-state index contributed by atoms with van der Waals surface area (Å²) in [5, 5.41) is 0. The zero-order valence-corrected chi connectivity index (χ0v) is 12.2. The average Bonchev–Trinajstić information content (AvgIpc) is 2.23. The first-order chi connectivity index (χ1) is 7.82. The molecule has 3 nitrogen and oxygen atoms in total. The van der Waals surface area contributed by atoms with Gasteiger partial charge in [0.1, 0.15) is 0 Å². The van der Waals surface area contributed by atoms with Crippen molar-refractivity contribution in [3.63, 3.8) is 0 Å². The minimum absolute atomic E-state index is 0.0390. The number of ether oxygens (including phenoxy) is 1. The summed E-state index contributed by atoms with van der Waals surface area (Å²) in [6, 6.07) is 0.975. The maximum absolute atomic E-state index is 6.10. The van der Waals surface area contributed by atoms with E-state index in [-0.39, 0.29) is 5.60 Å². The van der Waals surface area contributed by atoms with Crippen LogP contribution < -0.4 is 5.73 Å². The third kappa shape index (κ3) is 4.94. The van der Waals surface area contributed by atoms with Crippen LogP contribution in [0.3, 0.4) is 0 Å². The fourth-order valence-electron chi connectivity index (χ4n) is 2.44. The molecule has 0 aromatic carbocycles. The van der Waals surface area contributed by atoms with E-state index in [0.29, 0.717) is 18.0 Å². The molecule has 1 saturated heterocycles. The van der Waals surface area contributed by atoms with E-state index in [2.05, 4.69) is 39.6 Å². The second-order valence-corrected chi connectivity index (χ2v) is 6.43. The van der Waals surface area contributed by atoms with Crippen LogP contribution in [0.4, 0.5) is 0 Å². The molecule has 1 aliphatic rings. The van der Waals surface area contributed by atoms with Crippen LogP contribution in [0.2, 0.25) is 0 Å². The van der Waals surface area contributed by atoms with Crippen molar-refractivity contribution in [2.45, 2.75) is 64.6 Å². The lowest BCUT2D eigenvalue weighted by atomic mass is 9.92. The van der Waals surface area contributed by atoms with Crippen molar-refractivity contribution in [1.82, 2.24) is 4.90 Å². The lowest BCUT2D eigenvalue weighted by Crippen LogP contribution is -2.45. The highest BCUT2D eigenvalue weighted by Crippen LogP contribution is 2.26. The van der Waals surface area contributed by atoms with Crippen molar-refractivity contribution in [3.8, 4) is 0 Å². The fourth-order valence-corrected chi connectivity index (χ4v) is 2.44. The average molecular weight is 242 g/mol. The molecule has 1 aliphatic heterocycles. The van der Waals surface area contributed by atoms with Gasteiger partial charge in [-0.05, 0) is 52.6 Å². The summed E-state index contributed by atoms with van der Waals surface area (Å²) in [5.74, 6) is 0.578. The van der Waals surface area contributed by atoms with Crippen LogP contribution in [0.25, 0.3) is 0 Å². The Morgan fingerprint density at radius 3 is 2.59 bits per heavy atom. The fraction of sp³-hybridized carbons (Fsp3) is 1.00. The first-order valence-electron chi connectivity index (χ1n) is 6.91. The standard InChI is InChI=1S/C14H30N2O/c1-11(2)13(15)6-8-16(5)12-7-9-17-14(3,4)10-12/h11-13H,6-10,15H2,1-5H3. The molecule has 2 atom stereocenters. The van der Waals surface area contributed by atoms with Crippen molar-refractivity contribution >= 4 is 0 Å². The molecule has 0 spiro atoms. The highest BCUT2D eigenvalue weighted by Gasteiger charge is 2.30. The van der Waals surface area contributed by atoms with Crippen LogP contribution in [-0.2, 0) is 4.74 Å². The molecule has 3 heteroatoms. The monoisotopic (exact) mass is 242 g/mol. The van der Waals surface area contributed by atoms with Gasteiger partial charge in [0.05, 0.1) is 5.60 Å². The Kier molecular flexibility index (Phi) is 5.42. The smallest absolute Gasteiger partial charge is 0.0641 e. The Hall–Kier alpha value is -0.120. The molecule has 1 fully saturated rings. The maximum atomic E-state index is 6.10. The van der Waals surface area contributed by atoms with E-state index in [4.69, 9.17) is 10.5 Å². The summed E-state index contributed by atoms with van der Waals surface area (Å²) in [4.78, 5) is 2.46. The molecule has 17 heavy (non-hydrogen) atoms. The van der Waals surface area contributed by atoms with Gasteiger partial charge in [0.25, 0.3) is 0 Å². The van der Waals surface area contributed by atoms with Crippen molar-refractivity contribution < 1.29 is 4.74 Å². The third-order valence-corrected chi connectivity index (χ3v) is 3.97. The molecule has 1 rings (SSSR count). The van der Waals surface area contributed by atoms with Crippen molar-refractivity contribution in [2.75, 3.05) is 20.2 Å². The van der Waals surface area contributed by atoms with E-state index in [1.54, 1.807) is 0 Å². The van der Waals surface area contributed by atoms with E-state index in [9.17, 15) is 0 Å². The maximum Gasteiger partial charge on any atom is 0.0641 e. The van der Waals surface area contributed by atoms with Crippen LogP contribution in [0.15, 0.2) is 0 Å². The molecule has 2 unspecified atom stereocenters. The normalized spacial score (nSPS) is 26.5. The van der Waals surface area contributed by atoms with Gasteiger partial charge in [-0.25, -0.2) is 0 Å². The highest BCUT2D eigenvalue weighted by atomic mass is 16.5. The highest BCUT2D eigenvalue weighted by molar-refractivity contribution is 4.84. The molecular formula is C14H30N2O. The lowest BCUT2D eigenvalue weighted by Gasteiger charge is -2.40. The van der Waals surface area contributed by atoms with Gasteiger partial charge in [0.15, 0.2) is 0 Å². The predicted octanol–water partition coefficient (Wildman–Crippen LogP) is 2.25. The van der Waals surface area contributed by atoms with Gasteiger partial charge in [0.2, 0.25) is 0 Å². The van der Waals surface area contributed by atoms with Crippen LogP contribution in [0, 0.1) is 5.92 Å². The molecule has 0 aromatic heterocycles. The molecular weight excluding hydrogens is 212 g/mol. The van der Waals surface area contributed by atoms with Crippen molar-refractivity contribution in [3.05, 3.63) is 0 Å². The quantitative estimate of drug-likeness (QED) is 0.803. The Morgan fingerprint density at radius 2 is 2.06 bits per heavy atom. The Labute approximate surface area is 107 Å². The van der Waals surface area contributed by atoms with Gasteiger partial charge >= 0.3 is 0 Å². The van der Waals surface area contributed by atoms with Crippen molar-refractivity contribution in [2.24, 2.45) is 11.7 Å². The molecule has 0 aromatic rings. The largest absolute Gasteiger partial charge is 0.375 e. The first kappa shape index (κ1) is 14.9. The summed E-state index contributed by atoms with van der Waals surface area (Å²) in [6.07, 6.45) is 3.36. The van der Waals surface area contributed by atoms with E-state index in [1.807, 2.05) is 0 Å². The van der Waals surface area contributed by atoms with Gasteiger partial charge in [0, 0.05) is 18.7 Å². The van der Waals surface area contributed by atoms with E-state index < -0.39 is 0 Å². The zero-order chi connectivity index (χ0) is 13.1. The molecule has 1 heterocycles. The summed E-state index contributed by atoms with van der Waals surface area (Å²) >= 11 is 0. The van der Waals surface area contributed by atoms with Crippen molar-refractivity contribution in [1.29, 1.82) is 0 Å². The minimum atomic E-state index is 0.0390. The first-order valence-corrected chi connectivity index (χ1v) is 6.91. The molecule has 0 aliphatic carbocycles. The number of hydrogen-bond acceptors (Lipinski definition) is 3.